The molecule has 1 atom stereocenters. The number of carbonyl (C=O) groups excluding carboxylic acids is 3. The number of benzene rings is 4. The number of hydrogen-bond donors (Lipinski definition) is 3. The number of ether oxygens (including phenoxy) is 2. The van der Waals surface area contributed by atoms with Gasteiger partial charge in [-0.15, -0.1) is 11.8 Å². The SMILES string of the molecule is CCC(Sc1cccc(NC(=O)/C(=C\c2cc(OC)ccc2OC)NC(=O)c2ccccc2)c1)C(=O)Nc1ccc(Br)cc1F. The first-order valence-corrected chi connectivity index (χ1v) is 15.5. The van der Waals surface area contributed by atoms with Gasteiger partial charge in [0, 0.05) is 26.2 Å². The van der Waals surface area contributed by atoms with Gasteiger partial charge in [0.1, 0.15) is 23.0 Å². The molecule has 0 saturated carbocycles. The average molecular weight is 693 g/mol. The summed E-state index contributed by atoms with van der Waals surface area (Å²) in [7, 11) is 3.03. The third-order valence-corrected chi connectivity index (χ3v) is 8.34. The van der Waals surface area contributed by atoms with Crippen LogP contribution in [0.25, 0.3) is 6.08 Å². The van der Waals surface area contributed by atoms with Gasteiger partial charge in [0.05, 0.1) is 25.2 Å². The van der Waals surface area contributed by atoms with E-state index in [0.717, 1.165) is 0 Å². The first-order chi connectivity index (χ1) is 21.7. The molecule has 0 saturated heterocycles. The summed E-state index contributed by atoms with van der Waals surface area (Å²) >= 11 is 4.50. The Morgan fingerprint density at radius 2 is 1.69 bits per heavy atom. The molecular formula is C34H31BrFN3O5S. The van der Waals surface area contributed by atoms with Gasteiger partial charge >= 0.3 is 0 Å². The van der Waals surface area contributed by atoms with E-state index in [4.69, 9.17) is 9.47 Å². The maximum absolute atomic E-state index is 14.3. The highest BCUT2D eigenvalue weighted by molar-refractivity contribution is 9.10. The molecule has 0 aliphatic carbocycles. The van der Waals surface area contributed by atoms with Crippen LogP contribution in [0.15, 0.2) is 106 Å². The zero-order valence-electron chi connectivity index (χ0n) is 24.7. The molecule has 45 heavy (non-hydrogen) atoms. The van der Waals surface area contributed by atoms with Crippen LogP contribution in [0.2, 0.25) is 0 Å². The van der Waals surface area contributed by atoms with Crippen LogP contribution in [0.3, 0.4) is 0 Å². The monoisotopic (exact) mass is 691 g/mol. The highest BCUT2D eigenvalue weighted by atomic mass is 79.9. The Bertz CT molecular complexity index is 1720. The van der Waals surface area contributed by atoms with Crippen molar-refractivity contribution < 1.29 is 28.2 Å². The van der Waals surface area contributed by atoms with Crippen molar-refractivity contribution >= 4 is 62.9 Å². The van der Waals surface area contributed by atoms with Gasteiger partial charge in [0.2, 0.25) is 5.91 Å². The Balaban J connectivity index is 1.56. The molecule has 4 aromatic carbocycles. The summed E-state index contributed by atoms with van der Waals surface area (Å²) in [6.45, 7) is 1.86. The normalized spacial score (nSPS) is 11.7. The molecule has 11 heteroatoms. The summed E-state index contributed by atoms with van der Waals surface area (Å²) in [5.74, 6) is -0.932. The number of carbonyl (C=O) groups is 3. The van der Waals surface area contributed by atoms with E-state index >= 15 is 0 Å². The number of thioether (sulfide) groups is 1. The lowest BCUT2D eigenvalue weighted by molar-refractivity contribution is -0.116. The van der Waals surface area contributed by atoms with E-state index in [-0.39, 0.29) is 17.3 Å². The van der Waals surface area contributed by atoms with Crippen LogP contribution in [0, 0.1) is 5.82 Å². The summed E-state index contributed by atoms with van der Waals surface area (Å²) in [4.78, 5) is 40.4. The van der Waals surface area contributed by atoms with Gasteiger partial charge in [-0.25, -0.2) is 4.39 Å². The summed E-state index contributed by atoms with van der Waals surface area (Å²) in [5, 5.41) is 7.67. The molecule has 3 amide bonds. The Kier molecular flexibility index (Phi) is 11.8. The molecule has 0 heterocycles. The van der Waals surface area contributed by atoms with Crippen LogP contribution in [0.1, 0.15) is 29.3 Å². The number of halogens is 2. The van der Waals surface area contributed by atoms with Crippen molar-refractivity contribution in [2.24, 2.45) is 0 Å². The smallest absolute Gasteiger partial charge is 0.272 e. The maximum Gasteiger partial charge on any atom is 0.272 e. The van der Waals surface area contributed by atoms with Crippen molar-refractivity contribution in [2.75, 3.05) is 24.9 Å². The van der Waals surface area contributed by atoms with Crippen LogP contribution in [0.4, 0.5) is 15.8 Å². The van der Waals surface area contributed by atoms with E-state index in [2.05, 4.69) is 31.9 Å². The van der Waals surface area contributed by atoms with Crippen molar-refractivity contribution in [1.82, 2.24) is 5.32 Å². The van der Waals surface area contributed by atoms with Gasteiger partial charge in [-0.3, -0.25) is 14.4 Å². The fourth-order valence-corrected chi connectivity index (χ4v) is 5.53. The van der Waals surface area contributed by atoms with Gasteiger partial charge < -0.3 is 25.4 Å². The molecule has 0 spiro atoms. The molecule has 0 fully saturated rings. The minimum Gasteiger partial charge on any atom is -0.497 e. The standard InChI is InChI=1S/C34H31BrFN3O5S/c1-4-31(34(42)38-28-15-13-23(35)19-27(28)36)45-26-12-8-11-24(20-26)37-33(41)29(39-32(40)21-9-6-5-7-10-21)18-22-17-25(43-2)14-16-30(22)44-3/h5-20,31H,4H2,1-3H3,(H,37,41)(H,38,42)(H,39,40)/b29-18+. The fourth-order valence-electron chi connectivity index (χ4n) is 4.19. The lowest BCUT2D eigenvalue weighted by Gasteiger charge is -2.16. The Morgan fingerprint density at radius 3 is 2.38 bits per heavy atom. The van der Waals surface area contributed by atoms with E-state index in [1.165, 1.54) is 44.2 Å². The minimum atomic E-state index is -0.582. The molecule has 4 aromatic rings. The van der Waals surface area contributed by atoms with Gasteiger partial charge in [0.15, 0.2) is 0 Å². The van der Waals surface area contributed by atoms with Crippen molar-refractivity contribution in [2.45, 2.75) is 23.5 Å². The molecule has 1 unspecified atom stereocenters. The van der Waals surface area contributed by atoms with Crippen LogP contribution in [0.5, 0.6) is 11.5 Å². The summed E-state index contributed by atoms with van der Waals surface area (Å²) in [6.07, 6.45) is 1.99. The van der Waals surface area contributed by atoms with Crippen molar-refractivity contribution in [3.05, 3.63) is 118 Å². The predicted octanol–water partition coefficient (Wildman–Crippen LogP) is 7.52. The zero-order chi connectivity index (χ0) is 32.3. The van der Waals surface area contributed by atoms with Crippen molar-refractivity contribution in [3.8, 4) is 11.5 Å². The van der Waals surface area contributed by atoms with Gasteiger partial charge in [-0.1, -0.05) is 47.1 Å². The van der Waals surface area contributed by atoms with E-state index < -0.39 is 22.9 Å². The quantitative estimate of drug-likeness (QED) is 0.105. The van der Waals surface area contributed by atoms with Crippen LogP contribution < -0.4 is 25.4 Å². The largest absolute Gasteiger partial charge is 0.497 e. The number of anilines is 2. The molecule has 0 radical (unpaired) electrons. The number of nitrogens with one attached hydrogen (secondary N) is 3. The van der Waals surface area contributed by atoms with Crippen molar-refractivity contribution in [3.63, 3.8) is 0 Å². The number of methoxy groups -OCH3 is 2. The second-order valence-electron chi connectivity index (χ2n) is 9.60. The third kappa shape index (κ3) is 9.19. The van der Waals surface area contributed by atoms with E-state index in [9.17, 15) is 18.8 Å². The van der Waals surface area contributed by atoms with Crippen molar-refractivity contribution in [1.29, 1.82) is 0 Å². The Hall–Kier alpha value is -4.61. The maximum atomic E-state index is 14.3. The first kappa shape index (κ1) is 33.3. The van der Waals surface area contributed by atoms with E-state index in [1.54, 1.807) is 72.8 Å². The van der Waals surface area contributed by atoms with Gasteiger partial charge in [-0.05, 0) is 79.2 Å². The summed E-state index contributed by atoms with van der Waals surface area (Å²) in [5.41, 5.74) is 1.39. The highest BCUT2D eigenvalue weighted by Crippen LogP contribution is 2.30. The fraction of sp³-hybridized carbons (Fsp3) is 0.147. The lowest BCUT2D eigenvalue weighted by Crippen LogP contribution is -2.30. The third-order valence-electron chi connectivity index (χ3n) is 6.49. The first-order valence-electron chi connectivity index (χ1n) is 13.8. The average Bonchev–Trinajstić information content (AvgIpc) is 3.05. The van der Waals surface area contributed by atoms with E-state index in [0.29, 0.717) is 44.1 Å². The highest BCUT2D eigenvalue weighted by Gasteiger charge is 2.21. The molecule has 0 aliphatic heterocycles. The molecular weight excluding hydrogens is 661 g/mol. The number of amides is 3. The van der Waals surface area contributed by atoms with Crippen LogP contribution in [-0.4, -0.2) is 37.2 Å². The second kappa shape index (κ2) is 15.9. The predicted molar refractivity (Wildman–Crippen MR) is 179 cm³/mol. The van der Waals surface area contributed by atoms with E-state index in [1.807, 2.05) is 13.0 Å². The molecule has 0 bridgehead atoms. The lowest BCUT2D eigenvalue weighted by atomic mass is 10.1. The molecule has 4 rings (SSSR count). The van der Waals surface area contributed by atoms with Gasteiger partial charge in [0.25, 0.3) is 11.8 Å². The van der Waals surface area contributed by atoms with Crippen LogP contribution >= 0.6 is 27.7 Å². The Labute approximate surface area is 273 Å². The molecule has 0 aliphatic rings. The van der Waals surface area contributed by atoms with Gasteiger partial charge in [-0.2, -0.15) is 0 Å². The molecule has 0 aromatic heterocycles. The summed E-state index contributed by atoms with van der Waals surface area (Å²) in [6, 6.07) is 25.0. The molecule has 232 valence electrons. The number of hydrogen-bond acceptors (Lipinski definition) is 6. The Morgan fingerprint density at radius 1 is 0.911 bits per heavy atom. The second-order valence-corrected chi connectivity index (χ2v) is 11.8. The minimum absolute atomic E-state index is 0.0317. The molecule has 3 N–H and O–H groups in total. The summed E-state index contributed by atoms with van der Waals surface area (Å²) < 4.78 is 25.7. The topological polar surface area (TPSA) is 106 Å². The zero-order valence-corrected chi connectivity index (χ0v) is 27.1. The van der Waals surface area contributed by atoms with Crippen LogP contribution in [-0.2, 0) is 9.59 Å². The molecule has 8 nitrogen and oxygen atoms in total. The number of rotatable bonds is 12.